The fraction of sp³-hybridized carbons (Fsp3) is 0.368. The lowest BCUT2D eigenvalue weighted by atomic mass is 9.85. The Bertz CT molecular complexity index is 779. The van der Waals surface area contributed by atoms with Gasteiger partial charge in [0, 0.05) is 10.7 Å². The zero-order chi connectivity index (χ0) is 19.6. The highest BCUT2D eigenvalue weighted by Crippen LogP contribution is 2.34. The van der Waals surface area contributed by atoms with E-state index in [1.54, 1.807) is 24.3 Å². The number of benzene rings is 1. The number of rotatable bonds is 5. The van der Waals surface area contributed by atoms with Crippen LogP contribution in [0.15, 0.2) is 36.4 Å². The fourth-order valence-electron chi connectivity index (χ4n) is 3.22. The summed E-state index contributed by atoms with van der Waals surface area (Å²) in [6.07, 6.45) is 3.67. The number of allylic oxidation sites excluding steroid dienone is 2. The first kappa shape index (κ1) is 19.1. The molecule has 1 fully saturated rings. The van der Waals surface area contributed by atoms with E-state index in [1.165, 1.54) is 6.92 Å². The number of halogens is 1. The van der Waals surface area contributed by atoms with E-state index in [2.05, 4.69) is 5.32 Å². The zero-order valence-electron chi connectivity index (χ0n) is 14.7. The molecule has 0 bridgehead atoms. The molecule has 3 amide bonds. The predicted octanol–water partition coefficient (Wildman–Crippen LogP) is 2.16. The van der Waals surface area contributed by atoms with Gasteiger partial charge in [0.2, 0.25) is 11.8 Å². The van der Waals surface area contributed by atoms with Gasteiger partial charge in [-0.25, -0.2) is 0 Å². The third-order valence-electron chi connectivity index (χ3n) is 4.68. The Labute approximate surface area is 161 Å². The molecule has 27 heavy (non-hydrogen) atoms. The van der Waals surface area contributed by atoms with Crippen LogP contribution in [0.3, 0.4) is 0 Å². The number of hydrogen-bond donors (Lipinski definition) is 1. The van der Waals surface area contributed by atoms with E-state index in [9.17, 15) is 19.2 Å². The molecule has 0 radical (unpaired) electrons. The second kappa shape index (κ2) is 7.92. The first-order chi connectivity index (χ1) is 12.9. The molecule has 3 rings (SSSR count). The summed E-state index contributed by atoms with van der Waals surface area (Å²) in [5.41, 5.74) is 0.508. The number of carbonyl (C=O) groups excluding carboxylic acids is 4. The molecule has 1 aromatic rings. The van der Waals surface area contributed by atoms with E-state index in [0.29, 0.717) is 23.6 Å². The Kier molecular flexibility index (Phi) is 5.60. The van der Waals surface area contributed by atoms with Crippen molar-refractivity contribution in [3.63, 3.8) is 0 Å². The van der Waals surface area contributed by atoms with Gasteiger partial charge in [-0.1, -0.05) is 23.8 Å². The molecule has 0 saturated carbocycles. The molecule has 1 aliphatic heterocycles. The number of likely N-dealkylation sites (tertiary alicyclic amines) is 1. The molecule has 1 heterocycles. The van der Waals surface area contributed by atoms with Crippen molar-refractivity contribution in [3.05, 3.63) is 41.4 Å². The second-order valence-electron chi connectivity index (χ2n) is 6.55. The third kappa shape index (κ3) is 4.19. The topological polar surface area (TPSA) is 92.8 Å². The minimum Gasteiger partial charge on any atom is -0.451 e. The lowest BCUT2D eigenvalue weighted by molar-refractivity contribution is -0.158. The Balaban J connectivity index is 1.54. The maximum absolute atomic E-state index is 12.3. The van der Waals surface area contributed by atoms with Crippen molar-refractivity contribution in [2.45, 2.75) is 25.9 Å². The first-order valence-electron chi connectivity index (χ1n) is 8.63. The zero-order valence-corrected chi connectivity index (χ0v) is 15.4. The van der Waals surface area contributed by atoms with Crippen molar-refractivity contribution in [3.8, 4) is 0 Å². The van der Waals surface area contributed by atoms with Crippen molar-refractivity contribution in [1.82, 2.24) is 4.90 Å². The highest BCUT2D eigenvalue weighted by molar-refractivity contribution is 6.30. The molecule has 8 heteroatoms. The fourth-order valence-corrected chi connectivity index (χ4v) is 3.34. The van der Waals surface area contributed by atoms with Crippen LogP contribution >= 0.6 is 11.6 Å². The Morgan fingerprint density at radius 1 is 1.15 bits per heavy atom. The summed E-state index contributed by atoms with van der Waals surface area (Å²) in [6.45, 7) is 0.934. The van der Waals surface area contributed by atoms with Gasteiger partial charge < -0.3 is 10.1 Å². The molecular formula is C19H19ClN2O5. The van der Waals surface area contributed by atoms with Crippen molar-refractivity contribution >= 4 is 41.0 Å². The molecule has 7 nitrogen and oxygen atoms in total. The average molecular weight is 391 g/mol. The van der Waals surface area contributed by atoms with Crippen molar-refractivity contribution < 1.29 is 23.9 Å². The Morgan fingerprint density at radius 3 is 2.26 bits per heavy atom. The van der Waals surface area contributed by atoms with E-state index < -0.39 is 36.4 Å². The van der Waals surface area contributed by atoms with Gasteiger partial charge in [-0.15, -0.1) is 0 Å². The average Bonchev–Trinajstić information content (AvgIpc) is 2.89. The number of amides is 3. The van der Waals surface area contributed by atoms with Crippen LogP contribution in [0.1, 0.15) is 19.8 Å². The maximum atomic E-state index is 12.3. The number of hydrogen-bond acceptors (Lipinski definition) is 5. The van der Waals surface area contributed by atoms with Crippen molar-refractivity contribution in [2.75, 3.05) is 11.9 Å². The van der Waals surface area contributed by atoms with Gasteiger partial charge in [0.15, 0.2) is 6.10 Å². The van der Waals surface area contributed by atoms with Crippen LogP contribution in [0.5, 0.6) is 0 Å². The van der Waals surface area contributed by atoms with Crippen molar-refractivity contribution in [1.29, 1.82) is 0 Å². The summed E-state index contributed by atoms with van der Waals surface area (Å²) >= 11 is 5.78. The number of ether oxygens (including phenoxy) is 1. The highest BCUT2D eigenvalue weighted by atomic mass is 35.5. The van der Waals surface area contributed by atoms with Crippen LogP contribution < -0.4 is 5.32 Å². The summed E-state index contributed by atoms with van der Waals surface area (Å²) < 4.78 is 5.08. The van der Waals surface area contributed by atoms with Crippen molar-refractivity contribution in [2.24, 2.45) is 11.8 Å². The van der Waals surface area contributed by atoms with E-state index in [4.69, 9.17) is 16.3 Å². The van der Waals surface area contributed by atoms with Crippen LogP contribution in [0.4, 0.5) is 5.69 Å². The summed E-state index contributed by atoms with van der Waals surface area (Å²) in [5.74, 6) is -2.85. The van der Waals surface area contributed by atoms with Gasteiger partial charge >= 0.3 is 5.97 Å². The molecule has 3 atom stereocenters. The number of anilines is 1. The molecule has 1 saturated heterocycles. The molecule has 0 unspecified atom stereocenters. The molecule has 1 aromatic carbocycles. The molecule has 0 spiro atoms. The van der Waals surface area contributed by atoms with Crippen LogP contribution in [0.2, 0.25) is 5.02 Å². The lowest BCUT2D eigenvalue weighted by Crippen LogP contribution is -2.39. The molecule has 2 aliphatic rings. The largest absolute Gasteiger partial charge is 0.451 e. The predicted molar refractivity (Wildman–Crippen MR) is 97.7 cm³/mol. The minimum atomic E-state index is -1.08. The molecular weight excluding hydrogens is 372 g/mol. The quantitative estimate of drug-likeness (QED) is 0.472. The van der Waals surface area contributed by atoms with E-state index in [0.717, 1.165) is 4.90 Å². The normalized spacial score (nSPS) is 22.4. The van der Waals surface area contributed by atoms with Gasteiger partial charge in [-0.3, -0.25) is 24.1 Å². The van der Waals surface area contributed by atoms with E-state index >= 15 is 0 Å². The monoisotopic (exact) mass is 390 g/mol. The summed E-state index contributed by atoms with van der Waals surface area (Å²) in [6, 6.07) is 6.47. The first-order valence-corrected chi connectivity index (χ1v) is 9.00. The standard InChI is InChI=1S/C19H19ClN2O5/c1-11(17(24)21-13-8-6-12(20)7-9-13)27-16(23)10-22-18(25)14-4-2-3-5-15(14)19(22)26/h2-3,6-9,11,14-15H,4-5,10H2,1H3,(H,21,24)/t11-,14-,15+/m1/s1. The van der Waals surface area contributed by atoms with Gasteiger partial charge in [0.25, 0.3) is 5.91 Å². The summed E-state index contributed by atoms with van der Waals surface area (Å²) in [4.78, 5) is 49.9. The van der Waals surface area contributed by atoms with Crippen LogP contribution in [0.25, 0.3) is 0 Å². The number of nitrogens with one attached hydrogen (secondary N) is 1. The number of nitrogens with zero attached hydrogens (tertiary/aromatic N) is 1. The SMILES string of the molecule is C[C@@H](OC(=O)CN1C(=O)[C@H]2CC=CC[C@H]2C1=O)C(=O)Nc1ccc(Cl)cc1. The Hall–Kier alpha value is -2.67. The second-order valence-corrected chi connectivity index (χ2v) is 6.98. The van der Waals surface area contributed by atoms with Gasteiger partial charge in [-0.2, -0.15) is 0 Å². The van der Waals surface area contributed by atoms with Gasteiger partial charge in [0.1, 0.15) is 6.54 Å². The number of fused-ring (bicyclic) bond motifs is 1. The van der Waals surface area contributed by atoms with E-state index in [-0.39, 0.29) is 11.8 Å². The molecule has 142 valence electrons. The molecule has 1 aliphatic carbocycles. The molecule has 1 N–H and O–H groups in total. The van der Waals surface area contributed by atoms with Crippen LogP contribution in [-0.4, -0.2) is 41.2 Å². The smallest absolute Gasteiger partial charge is 0.326 e. The van der Waals surface area contributed by atoms with Gasteiger partial charge in [-0.05, 0) is 44.0 Å². The van der Waals surface area contributed by atoms with Crippen LogP contribution in [-0.2, 0) is 23.9 Å². The summed E-state index contributed by atoms with van der Waals surface area (Å²) in [5, 5.41) is 3.13. The highest BCUT2D eigenvalue weighted by Gasteiger charge is 2.47. The minimum absolute atomic E-state index is 0.357. The van der Waals surface area contributed by atoms with Crippen LogP contribution in [0, 0.1) is 11.8 Å². The van der Waals surface area contributed by atoms with E-state index in [1.807, 2.05) is 12.2 Å². The van der Waals surface area contributed by atoms with Gasteiger partial charge in [0.05, 0.1) is 11.8 Å². The number of carbonyl (C=O) groups is 4. The lowest BCUT2D eigenvalue weighted by Gasteiger charge is -2.17. The molecule has 0 aromatic heterocycles. The maximum Gasteiger partial charge on any atom is 0.326 e. The Morgan fingerprint density at radius 2 is 1.70 bits per heavy atom. The number of esters is 1. The third-order valence-corrected chi connectivity index (χ3v) is 4.93. The number of imide groups is 1. The summed E-state index contributed by atoms with van der Waals surface area (Å²) in [7, 11) is 0.